The average Bonchev–Trinajstić information content (AvgIpc) is 2.30. The van der Waals surface area contributed by atoms with Crippen molar-refractivity contribution in [2.24, 2.45) is 11.1 Å². The molecule has 0 amide bonds. The number of carbonyl (C=O) groups excluding carboxylic acids is 1. The van der Waals surface area contributed by atoms with Crippen molar-refractivity contribution in [1.29, 1.82) is 0 Å². The predicted molar refractivity (Wildman–Crippen MR) is 66.4 cm³/mol. The number of nitrogens with two attached hydrogens (primary N) is 1. The highest BCUT2D eigenvalue weighted by Crippen LogP contribution is 2.40. The van der Waals surface area contributed by atoms with Gasteiger partial charge in [0, 0.05) is 13.0 Å². The zero-order valence-corrected chi connectivity index (χ0v) is 10.0. The van der Waals surface area contributed by atoms with Gasteiger partial charge in [-0.2, -0.15) is 0 Å². The normalized spacial score (nSPS) is 17.2. The first-order valence-corrected chi connectivity index (χ1v) is 6.18. The van der Waals surface area contributed by atoms with Crippen LogP contribution in [-0.2, 0) is 16.0 Å². The van der Waals surface area contributed by atoms with Crippen LogP contribution >= 0.6 is 0 Å². The molecule has 2 rings (SSSR count). The number of carbonyl (C=O) groups is 1. The summed E-state index contributed by atoms with van der Waals surface area (Å²) in [6, 6.07) is 10.0. The number of rotatable bonds is 5. The summed E-state index contributed by atoms with van der Waals surface area (Å²) in [6.07, 6.45) is 3.62. The summed E-state index contributed by atoms with van der Waals surface area (Å²) in [5.41, 5.74) is 6.48. The quantitative estimate of drug-likeness (QED) is 0.790. The Kier molecular flexibility index (Phi) is 3.79. The van der Waals surface area contributed by atoms with Gasteiger partial charge in [-0.05, 0) is 18.4 Å². The molecule has 1 aliphatic rings. The number of benzene rings is 1. The van der Waals surface area contributed by atoms with Crippen LogP contribution in [0.25, 0.3) is 0 Å². The molecule has 0 atom stereocenters. The molecule has 3 nitrogen and oxygen atoms in total. The summed E-state index contributed by atoms with van der Waals surface area (Å²) in [4.78, 5) is 11.9. The minimum atomic E-state index is -0.364. The molecule has 0 aliphatic heterocycles. The molecule has 1 fully saturated rings. The number of hydrogen-bond donors (Lipinski definition) is 1. The van der Waals surface area contributed by atoms with E-state index in [1.54, 1.807) is 0 Å². The first-order valence-electron chi connectivity index (χ1n) is 6.18. The largest absolute Gasteiger partial charge is 0.465 e. The predicted octanol–water partition coefficient (Wildman–Crippen LogP) is 1.90. The van der Waals surface area contributed by atoms with Gasteiger partial charge in [-0.1, -0.05) is 36.8 Å². The van der Waals surface area contributed by atoms with Crippen LogP contribution in [0.1, 0.15) is 24.8 Å². The second-order valence-electron chi connectivity index (χ2n) is 4.71. The molecule has 0 radical (unpaired) electrons. The number of ether oxygens (including phenoxy) is 1. The molecule has 92 valence electrons. The van der Waals surface area contributed by atoms with Gasteiger partial charge in [0.05, 0.1) is 12.0 Å². The van der Waals surface area contributed by atoms with E-state index >= 15 is 0 Å². The van der Waals surface area contributed by atoms with E-state index in [0.717, 1.165) is 25.7 Å². The monoisotopic (exact) mass is 233 g/mol. The first-order chi connectivity index (χ1) is 8.27. The lowest BCUT2D eigenvalue weighted by Crippen LogP contribution is -2.45. The van der Waals surface area contributed by atoms with Crippen LogP contribution in [-0.4, -0.2) is 19.1 Å². The van der Waals surface area contributed by atoms with Crippen LogP contribution in [0.15, 0.2) is 30.3 Å². The van der Waals surface area contributed by atoms with E-state index in [2.05, 4.69) is 0 Å². The highest BCUT2D eigenvalue weighted by molar-refractivity contribution is 5.78. The average molecular weight is 233 g/mol. The lowest BCUT2D eigenvalue weighted by molar-refractivity contribution is -0.160. The summed E-state index contributed by atoms with van der Waals surface area (Å²) < 4.78 is 5.33. The van der Waals surface area contributed by atoms with Crippen molar-refractivity contribution in [1.82, 2.24) is 0 Å². The second-order valence-corrected chi connectivity index (χ2v) is 4.71. The van der Waals surface area contributed by atoms with Crippen molar-refractivity contribution in [3.63, 3.8) is 0 Å². The van der Waals surface area contributed by atoms with Crippen LogP contribution in [0.4, 0.5) is 0 Å². The Morgan fingerprint density at radius 1 is 1.29 bits per heavy atom. The van der Waals surface area contributed by atoms with Gasteiger partial charge in [0.1, 0.15) is 0 Å². The van der Waals surface area contributed by atoms with E-state index in [-0.39, 0.29) is 11.4 Å². The van der Waals surface area contributed by atoms with Crippen LogP contribution in [0.2, 0.25) is 0 Å². The third kappa shape index (κ3) is 2.67. The summed E-state index contributed by atoms with van der Waals surface area (Å²) in [5, 5.41) is 0. The molecular weight excluding hydrogens is 214 g/mol. The minimum absolute atomic E-state index is 0.109. The van der Waals surface area contributed by atoms with E-state index in [0.29, 0.717) is 13.2 Å². The van der Waals surface area contributed by atoms with Crippen LogP contribution in [0.5, 0.6) is 0 Å². The van der Waals surface area contributed by atoms with Crippen molar-refractivity contribution in [3.8, 4) is 0 Å². The summed E-state index contributed by atoms with van der Waals surface area (Å²) in [7, 11) is 0. The van der Waals surface area contributed by atoms with Crippen LogP contribution in [0.3, 0.4) is 0 Å². The van der Waals surface area contributed by atoms with Crippen molar-refractivity contribution in [2.75, 3.05) is 13.2 Å². The molecule has 2 N–H and O–H groups in total. The molecule has 3 heteroatoms. The molecule has 0 unspecified atom stereocenters. The zero-order valence-electron chi connectivity index (χ0n) is 10.0. The Bertz CT molecular complexity index is 366. The van der Waals surface area contributed by atoms with E-state index in [1.807, 2.05) is 30.3 Å². The van der Waals surface area contributed by atoms with Crippen molar-refractivity contribution in [3.05, 3.63) is 35.9 Å². The van der Waals surface area contributed by atoms with Gasteiger partial charge in [0.15, 0.2) is 0 Å². The molecule has 1 aromatic carbocycles. The first kappa shape index (κ1) is 12.1. The van der Waals surface area contributed by atoms with Crippen molar-refractivity contribution < 1.29 is 9.53 Å². The standard InChI is InChI=1S/C14H19NO2/c15-11-14(8-4-9-14)13(16)17-10-7-12-5-2-1-3-6-12/h1-3,5-6H,4,7-11,15H2. The smallest absolute Gasteiger partial charge is 0.313 e. The summed E-state index contributed by atoms with van der Waals surface area (Å²) >= 11 is 0. The molecule has 1 aromatic rings. The Labute approximate surface area is 102 Å². The van der Waals surface area contributed by atoms with Gasteiger partial charge in [-0.25, -0.2) is 0 Å². The molecule has 0 bridgehead atoms. The molecule has 0 heterocycles. The molecule has 1 aliphatic carbocycles. The Morgan fingerprint density at radius 3 is 2.53 bits per heavy atom. The van der Waals surface area contributed by atoms with Crippen LogP contribution < -0.4 is 5.73 Å². The summed E-state index contributed by atoms with van der Waals surface area (Å²) in [5.74, 6) is -0.109. The van der Waals surface area contributed by atoms with Gasteiger partial charge in [0.2, 0.25) is 0 Å². The maximum atomic E-state index is 11.9. The van der Waals surface area contributed by atoms with Gasteiger partial charge in [-0.15, -0.1) is 0 Å². The van der Waals surface area contributed by atoms with Crippen LogP contribution in [0, 0.1) is 5.41 Å². The lowest BCUT2D eigenvalue weighted by Gasteiger charge is -2.37. The second kappa shape index (κ2) is 5.32. The zero-order chi connectivity index (χ0) is 12.1. The SMILES string of the molecule is NCC1(C(=O)OCCc2ccccc2)CCC1. The van der Waals surface area contributed by atoms with Gasteiger partial charge < -0.3 is 10.5 Å². The molecule has 0 aromatic heterocycles. The summed E-state index contributed by atoms with van der Waals surface area (Å²) in [6.45, 7) is 0.863. The topological polar surface area (TPSA) is 52.3 Å². The minimum Gasteiger partial charge on any atom is -0.465 e. The van der Waals surface area contributed by atoms with Gasteiger partial charge in [-0.3, -0.25) is 4.79 Å². The molecular formula is C14H19NO2. The molecule has 0 spiro atoms. The number of esters is 1. The Morgan fingerprint density at radius 2 is 2.00 bits per heavy atom. The van der Waals surface area contributed by atoms with E-state index in [4.69, 9.17) is 10.5 Å². The van der Waals surface area contributed by atoms with E-state index < -0.39 is 0 Å². The fourth-order valence-electron chi connectivity index (χ4n) is 2.15. The highest BCUT2D eigenvalue weighted by Gasteiger charge is 2.44. The molecule has 0 saturated heterocycles. The van der Waals surface area contributed by atoms with Gasteiger partial charge >= 0.3 is 5.97 Å². The third-order valence-corrected chi connectivity index (χ3v) is 3.60. The highest BCUT2D eigenvalue weighted by atomic mass is 16.5. The van der Waals surface area contributed by atoms with E-state index in [1.165, 1.54) is 5.56 Å². The van der Waals surface area contributed by atoms with Crippen molar-refractivity contribution in [2.45, 2.75) is 25.7 Å². The van der Waals surface area contributed by atoms with Gasteiger partial charge in [0.25, 0.3) is 0 Å². The molecule has 17 heavy (non-hydrogen) atoms. The lowest BCUT2D eigenvalue weighted by atomic mass is 9.69. The Balaban J connectivity index is 1.77. The van der Waals surface area contributed by atoms with E-state index in [9.17, 15) is 4.79 Å². The Hall–Kier alpha value is -1.35. The van der Waals surface area contributed by atoms with Crippen molar-refractivity contribution >= 4 is 5.97 Å². The molecule has 1 saturated carbocycles. The maximum Gasteiger partial charge on any atom is 0.313 e. The maximum absolute atomic E-state index is 11.9. The number of hydrogen-bond acceptors (Lipinski definition) is 3. The fraction of sp³-hybridized carbons (Fsp3) is 0.500. The third-order valence-electron chi connectivity index (χ3n) is 3.60. The fourth-order valence-corrected chi connectivity index (χ4v) is 2.15.